The van der Waals surface area contributed by atoms with Crippen LogP contribution in [0.3, 0.4) is 0 Å². The Hall–Kier alpha value is -1.43. The van der Waals surface area contributed by atoms with Gasteiger partial charge in [0.15, 0.2) is 4.77 Å². The van der Waals surface area contributed by atoms with Crippen LogP contribution < -0.4 is 0 Å². The van der Waals surface area contributed by atoms with Gasteiger partial charge in [0.25, 0.3) is 0 Å². The van der Waals surface area contributed by atoms with Crippen LogP contribution in [-0.4, -0.2) is 24.5 Å². The Morgan fingerprint density at radius 3 is 2.82 bits per heavy atom. The molecule has 17 heavy (non-hydrogen) atoms. The summed E-state index contributed by atoms with van der Waals surface area (Å²) in [5.41, 5.74) is 1.21. The third kappa shape index (κ3) is 2.63. The number of aryl methyl sites for hydroxylation is 2. The first kappa shape index (κ1) is 12.0. The molecule has 1 N–H and O–H groups in total. The average molecular weight is 251 g/mol. The lowest BCUT2D eigenvalue weighted by atomic mass is 10.2. The SMILES string of the molecule is CC(C)c1n[nH]c(=S)n1CCc1cnn(C)c1. The van der Waals surface area contributed by atoms with E-state index in [2.05, 4.69) is 33.7 Å². The summed E-state index contributed by atoms with van der Waals surface area (Å²) in [5, 5.41) is 11.3. The Labute approximate surface area is 105 Å². The summed E-state index contributed by atoms with van der Waals surface area (Å²) in [7, 11) is 1.92. The normalized spacial score (nSPS) is 11.3. The number of H-pyrrole nitrogens is 1. The number of hydrogen-bond donors (Lipinski definition) is 1. The molecule has 5 nitrogen and oxygen atoms in total. The van der Waals surface area contributed by atoms with Gasteiger partial charge in [-0.2, -0.15) is 10.2 Å². The highest BCUT2D eigenvalue weighted by molar-refractivity contribution is 7.71. The van der Waals surface area contributed by atoms with Crippen molar-refractivity contribution in [2.45, 2.75) is 32.7 Å². The predicted molar refractivity (Wildman–Crippen MR) is 68.4 cm³/mol. The summed E-state index contributed by atoms with van der Waals surface area (Å²) in [4.78, 5) is 0. The van der Waals surface area contributed by atoms with Gasteiger partial charge in [-0.1, -0.05) is 13.8 Å². The minimum absolute atomic E-state index is 0.372. The van der Waals surface area contributed by atoms with Crippen LogP contribution in [0.1, 0.15) is 31.2 Å². The van der Waals surface area contributed by atoms with Gasteiger partial charge in [-0.15, -0.1) is 0 Å². The molecule has 2 aromatic heterocycles. The van der Waals surface area contributed by atoms with Crippen molar-refractivity contribution in [2.75, 3.05) is 0 Å². The first-order valence-electron chi connectivity index (χ1n) is 5.70. The quantitative estimate of drug-likeness (QED) is 0.846. The van der Waals surface area contributed by atoms with Crippen molar-refractivity contribution in [3.63, 3.8) is 0 Å². The van der Waals surface area contributed by atoms with E-state index in [1.165, 1.54) is 5.56 Å². The lowest BCUT2D eigenvalue weighted by Crippen LogP contribution is -2.07. The van der Waals surface area contributed by atoms with E-state index >= 15 is 0 Å². The van der Waals surface area contributed by atoms with E-state index in [0.717, 1.165) is 18.8 Å². The third-order valence-corrected chi connectivity index (χ3v) is 3.00. The number of aromatic nitrogens is 5. The summed E-state index contributed by atoms with van der Waals surface area (Å²) in [6, 6.07) is 0. The van der Waals surface area contributed by atoms with E-state index < -0.39 is 0 Å². The van der Waals surface area contributed by atoms with Crippen LogP contribution in [-0.2, 0) is 20.0 Å². The molecule has 92 valence electrons. The van der Waals surface area contributed by atoms with E-state index in [1.807, 2.05) is 24.1 Å². The molecule has 0 spiro atoms. The first-order valence-corrected chi connectivity index (χ1v) is 6.11. The zero-order chi connectivity index (χ0) is 12.4. The molecule has 0 saturated carbocycles. The van der Waals surface area contributed by atoms with Gasteiger partial charge in [-0.05, 0) is 24.2 Å². The molecule has 2 rings (SSSR count). The largest absolute Gasteiger partial charge is 0.304 e. The predicted octanol–water partition coefficient (Wildman–Crippen LogP) is 2.04. The van der Waals surface area contributed by atoms with E-state index in [-0.39, 0.29) is 0 Å². The van der Waals surface area contributed by atoms with Crippen molar-refractivity contribution in [1.82, 2.24) is 24.5 Å². The molecule has 0 aliphatic heterocycles. The second-order valence-electron chi connectivity index (χ2n) is 4.47. The Bertz CT molecular complexity index is 548. The first-order chi connectivity index (χ1) is 8.08. The monoisotopic (exact) mass is 251 g/mol. The fourth-order valence-corrected chi connectivity index (χ4v) is 2.06. The Balaban J connectivity index is 2.13. The summed E-state index contributed by atoms with van der Waals surface area (Å²) >= 11 is 5.24. The number of nitrogens with zero attached hydrogens (tertiary/aromatic N) is 4. The van der Waals surface area contributed by atoms with Gasteiger partial charge < -0.3 is 4.57 Å². The van der Waals surface area contributed by atoms with Gasteiger partial charge in [0.05, 0.1) is 6.20 Å². The summed E-state index contributed by atoms with van der Waals surface area (Å²) in [6.45, 7) is 5.07. The van der Waals surface area contributed by atoms with Crippen LogP contribution in [0, 0.1) is 4.77 Å². The highest BCUT2D eigenvalue weighted by Gasteiger charge is 2.09. The third-order valence-electron chi connectivity index (χ3n) is 2.69. The van der Waals surface area contributed by atoms with Crippen LogP contribution >= 0.6 is 12.2 Å². The molecular weight excluding hydrogens is 234 g/mol. The van der Waals surface area contributed by atoms with Gasteiger partial charge in [-0.25, -0.2) is 0 Å². The summed E-state index contributed by atoms with van der Waals surface area (Å²) in [5.74, 6) is 1.38. The lowest BCUT2D eigenvalue weighted by Gasteiger charge is -2.07. The average Bonchev–Trinajstić information content (AvgIpc) is 2.82. The lowest BCUT2D eigenvalue weighted by molar-refractivity contribution is 0.614. The zero-order valence-electron chi connectivity index (χ0n) is 10.3. The van der Waals surface area contributed by atoms with E-state index in [1.54, 1.807) is 0 Å². The highest BCUT2D eigenvalue weighted by Crippen LogP contribution is 2.12. The van der Waals surface area contributed by atoms with Crippen molar-refractivity contribution >= 4 is 12.2 Å². The fourth-order valence-electron chi connectivity index (χ4n) is 1.83. The summed E-state index contributed by atoms with van der Waals surface area (Å²) in [6.07, 6.45) is 4.83. The van der Waals surface area contributed by atoms with E-state index in [4.69, 9.17) is 12.2 Å². The van der Waals surface area contributed by atoms with Crippen molar-refractivity contribution in [3.05, 3.63) is 28.6 Å². The molecule has 2 aromatic rings. The number of rotatable bonds is 4. The Kier molecular flexibility index (Phi) is 3.42. The van der Waals surface area contributed by atoms with Gasteiger partial charge in [0.2, 0.25) is 0 Å². The van der Waals surface area contributed by atoms with Crippen LogP contribution in [0.15, 0.2) is 12.4 Å². The maximum Gasteiger partial charge on any atom is 0.195 e. The Morgan fingerprint density at radius 1 is 1.47 bits per heavy atom. The van der Waals surface area contributed by atoms with Crippen molar-refractivity contribution in [1.29, 1.82) is 0 Å². The second kappa shape index (κ2) is 4.83. The van der Waals surface area contributed by atoms with E-state index in [9.17, 15) is 0 Å². The molecule has 0 unspecified atom stereocenters. The molecule has 2 heterocycles. The highest BCUT2D eigenvalue weighted by atomic mass is 32.1. The van der Waals surface area contributed by atoms with Crippen LogP contribution in [0.5, 0.6) is 0 Å². The van der Waals surface area contributed by atoms with Gasteiger partial charge in [0, 0.05) is 25.7 Å². The molecule has 0 aliphatic carbocycles. The standard InChI is InChI=1S/C11H17N5S/c1-8(2)10-13-14-11(17)16(10)5-4-9-6-12-15(3)7-9/h6-8H,4-5H2,1-3H3,(H,14,17). The fraction of sp³-hybridized carbons (Fsp3) is 0.545. The molecule has 0 bridgehead atoms. The molecule has 0 atom stereocenters. The summed E-state index contributed by atoms with van der Waals surface area (Å²) < 4.78 is 4.57. The maximum atomic E-state index is 5.24. The van der Waals surface area contributed by atoms with Crippen molar-refractivity contribution in [3.8, 4) is 0 Å². The number of hydrogen-bond acceptors (Lipinski definition) is 3. The second-order valence-corrected chi connectivity index (χ2v) is 4.85. The van der Waals surface area contributed by atoms with Crippen molar-refractivity contribution < 1.29 is 0 Å². The number of aromatic amines is 1. The molecule has 0 amide bonds. The van der Waals surface area contributed by atoms with Gasteiger partial charge in [-0.3, -0.25) is 9.78 Å². The molecular formula is C11H17N5S. The molecule has 0 aliphatic rings. The van der Waals surface area contributed by atoms with Gasteiger partial charge >= 0.3 is 0 Å². The zero-order valence-corrected chi connectivity index (χ0v) is 11.2. The van der Waals surface area contributed by atoms with Gasteiger partial charge in [0.1, 0.15) is 5.82 Å². The minimum atomic E-state index is 0.372. The van der Waals surface area contributed by atoms with Crippen LogP contribution in [0.25, 0.3) is 0 Å². The van der Waals surface area contributed by atoms with Crippen LogP contribution in [0.4, 0.5) is 0 Å². The van der Waals surface area contributed by atoms with E-state index in [0.29, 0.717) is 10.7 Å². The maximum absolute atomic E-state index is 5.24. The molecule has 0 radical (unpaired) electrons. The smallest absolute Gasteiger partial charge is 0.195 e. The molecule has 0 fully saturated rings. The molecule has 6 heteroatoms. The topological polar surface area (TPSA) is 51.4 Å². The minimum Gasteiger partial charge on any atom is -0.304 e. The Morgan fingerprint density at radius 2 is 2.24 bits per heavy atom. The van der Waals surface area contributed by atoms with Crippen LogP contribution in [0.2, 0.25) is 0 Å². The number of nitrogens with one attached hydrogen (secondary N) is 1. The molecule has 0 aromatic carbocycles. The van der Waals surface area contributed by atoms with Crippen molar-refractivity contribution in [2.24, 2.45) is 7.05 Å². The molecule has 0 saturated heterocycles.